The molecule has 1 fully saturated rings. The third-order valence-electron chi connectivity index (χ3n) is 5.65. The minimum absolute atomic E-state index is 0.0646. The van der Waals surface area contributed by atoms with Crippen LogP contribution in [-0.4, -0.2) is 54.4 Å². The highest BCUT2D eigenvalue weighted by atomic mass is 32.2. The van der Waals surface area contributed by atoms with E-state index < -0.39 is 0 Å². The van der Waals surface area contributed by atoms with Crippen LogP contribution in [0.15, 0.2) is 22.7 Å². The third-order valence-corrected chi connectivity index (χ3v) is 6.61. The fourth-order valence-electron chi connectivity index (χ4n) is 3.78. The molecule has 1 aliphatic heterocycles. The van der Waals surface area contributed by atoms with Crippen LogP contribution >= 0.6 is 11.8 Å². The fourth-order valence-corrected chi connectivity index (χ4v) is 4.77. The first-order chi connectivity index (χ1) is 14.4. The molecule has 1 atom stereocenters. The highest BCUT2D eigenvalue weighted by Gasteiger charge is 2.22. The van der Waals surface area contributed by atoms with Gasteiger partial charge in [0.25, 0.3) is 0 Å². The van der Waals surface area contributed by atoms with Gasteiger partial charge in [-0.2, -0.15) is 0 Å². The molecule has 3 rings (SSSR count). The molecule has 0 bridgehead atoms. The van der Waals surface area contributed by atoms with Gasteiger partial charge in [0.1, 0.15) is 11.6 Å². The molecule has 0 radical (unpaired) electrons. The van der Waals surface area contributed by atoms with Crippen molar-refractivity contribution in [2.45, 2.75) is 39.5 Å². The maximum absolute atomic E-state index is 14.0. The van der Waals surface area contributed by atoms with E-state index in [2.05, 4.69) is 27.2 Å². The van der Waals surface area contributed by atoms with Gasteiger partial charge in [-0.05, 0) is 45.5 Å². The summed E-state index contributed by atoms with van der Waals surface area (Å²) in [6, 6.07) is 4.61. The molecule has 164 valence electrons. The van der Waals surface area contributed by atoms with Crippen molar-refractivity contribution in [3.05, 3.63) is 46.6 Å². The molecule has 1 saturated heterocycles. The summed E-state index contributed by atoms with van der Waals surface area (Å²) in [6.45, 7) is 12.7. The van der Waals surface area contributed by atoms with Crippen LogP contribution < -0.4 is 10.2 Å². The Morgan fingerprint density at radius 1 is 1.30 bits per heavy atom. The van der Waals surface area contributed by atoms with E-state index in [1.807, 2.05) is 26.8 Å². The number of nitrogens with one attached hydrogen (secondary N) is 1. The molecule has 8 heteroatoms. The lowest BCUT2D eigenvalue weighted by molar-refractivity contribution is -0.119. The number of amides is 1. The van der Waals surface area contributed by atoms with E-state index in [0.29, 0.717) is 11.5 Å². The first-order valence-corrected chi connectivity index (χ1v) is 11.6. The minimum Gasteiger partial charge on any atom is -0.369 e. The Bertz CT molecular complexity index is 845. The van der Waals surface area contributed by atoms with Gasteiger partial charge in [-0.1, -0.05) is 12.1 Å². The van der Waals surface area contributed by atoms with E-state index in [0.717, 1.165) is 61.0 Å². The van der Waals surface area contributed by atoms with Crippen LogP contribution in [0.25, 0.3) is 0 Å². The standard InChI is InChI=1S/C22H31FN4O2S/c1-5-26-8-10-27(11-9-26)21-7-6-18(23)12-19(21)15(2)24-22(28)14-30-13-20-16(3)25-29-17(20)4/h6-7,12,15H,5,8-11,13-14H2,1-4H3,(H,24,28). The monoisotopic (exact) mass is 434 g/mol. The number of hydrogen-bond acceptors (Lipinski definition) is 6. The van der Waals surface area contributed by atoms with Crippen molar-refractivity contribution in [3.8, 4) is 0 Å². The Kier molecular flexibility index (Phi) is 7.77. The van der Waals surface area contributed by atoms with Gasteiger partial charge < -0.3 is 19.6 Å². The number of anilines is 1. The van der Waals surface area contributed by atoms with Crippen molar-refractivity contribution in [1.29, 1.82) is 0 Å². The highest BCUT2D eigenvalue weighted by molar-refractivity contribution is 7.99. The zero-order chi connectivity index (χ0) is 21.7. The van der Waals surface area contributed by atoms with Gasteiger partial charge in [0.15, 0.2) is 0 Å². The third kappa shape index (κ3) is 5.55. The Balaban J connectivity index is 1.59. The molecule has 6 nitrogen and oxygen atoms in total. The summed E-state index contributed by atoms with van der Waals surface area (Å²) in [4.78, 5) is 17.2. The topological polar surface area (TPSA) is 61.6 Å². The van der Waals surface area contributed by atoms with Crippen LogP contribution in [0.1, 0.15) is 42.5 Å². The number of thioether (sulfide) groups is 1. The van der Waals surface area contributed by atoms with Gasteiger partial charge in [-0.15, -0.1) is 11.8 Å². The highest BCUT2D eigenvalue weighted by Crippen LogP contribution is 2.28. The summed E-state index contributed by atoms with van der Waals surface area (Å²) in [5.74, 6) is 1.45. The molecule has 0 saturated carbocycles. The number of aromatic nitrogens is 1. The molecular formula is C22H31FN4O2S. The van der Waals surface area contributed by atoms with Crippen molar-refractivity contribution in [1.82, 2.24) is 15.4 Å². The summed E-state index contributed by atoms with van der Waals surface area (Å²) < 4.78 is 19.2. The molecule has 1 N–H and O–H groups in total. The van der Waals surface area contributed by atoms with E-state index in [4.69, 9.17) is 4.52 Å². The second-order valence-corrected chi connectivity index (χ2v) is 8.69. The Labute approximate surface area is 182 Å². The number of hydrogen-bond donors (Lipinski definition) is 1. The van der Waals surface area contributed by atoms with Crippen molar-refractivity contribution >= 4 is 23.4 Å². The van der Waals surface area contributed by atoms with Crippen molar-refractivity contribution in [2.24, 2.45) is 0 Å². The Morgan fingerprint density at radius 2 is 2.03 bits per heavy atom. The van der Waals surface area contributed by atoms with Crippen molar-refractivity contribution in [2.75, 3.05) is 43.4 Å². The van der Waals surface area contributed by atoms with E-state index in [1.165, 1.54) is 17.8 Å². The molecule has 1 aliphatic rings. The van der Waals surface area contributed by atoms with Crippen LogP contribution in [0.3, 0.4) is 0 Å². The molecule has 1 unspecified atom stereocenters. The second kappa shape index (κ2) is 10.3. The quantitative estimate of drug-likeness (QED) is 0.684. The average molecular weight is 435 g/mol. The zero-order valence-corrected chi connectivity index (χ0v) is 19.0. The number of piperazine rings is 1. The summed E-state index contributed by atoms with van der Waals surface area (Å²) in [6.07, 6.45) is 0. The largest absolute Gasteiger partial charge is 0.369 e. The lowest BCUT2D eigenvalue weighted by atomic mass is 10.0. The second-order valence-electron chi connectivity index (χ2n) is 7.71. The van der Waals surface area contributed by atoms with Gasteiger partial charge in [0.2, 0.25) is 5.91 Å². The van der Waals surface area contributed by atoms with Crippen molar-refractivity contribution < 1.29 is 13.7 Å². The lowest BCUT2D eigenvalue weighted by Crippen LogP contribution is -2.46. The number of rotatable bonds is 8. The number of aryl methyl sites for hydroxylation is 2. The van der Waals surface area contributed by atoms with Crippen LogP contribution in [0.2, 0.25) is 0 Å². The Hall–Kier alpha value is -2.06. The smallest absolute Gasteiger partial charge is 0.230 e. The van der Waals surface area contributed by atoms with Gasteiger partial charge in [-0.3, -0.25) is 4.79 Å². The van der Waals surface area contributed by atoms with Gasteiger partial charge in [-0.25, -0.2) is 4.39 Å². The molecule has 1 aromatic carbocycles. The minimum atomic E-state index is -0.283. The predicted octanol–water partition coefficient (Wildman–Crippen LogP) is 3.68. The maximum Gasteiger partial charge on any atom is 0.230 e. The molecule has 1 amide bonds. The molecule has 2 heterocycles. The Morgan fingerprint density at radius 3 is 2.67 bits per heavy atom. The first kappa shape index (κ1) is 22.6. The SMILES string of the molecule is CCN1CCN(c2ccc(F)cc2C(C)NC(=O)CSCc2c(C)noc2C)CC1. The summed E-state index contributed by atoms with van der Waals surface area (Å²) in [7, 11) is 0. The predicted molar refractivity (Wildman–Crippen MR) is 119 cm³/mol. The number of nitrogens with zero attached hydrogens (tertiary/aromatic N) is 3. The molecule has 30 heavy (non-hydrogen) atoms. The zero-order valence-electron chi connectivity index (χ0n) is 18.2. The molecule has 0 aliphatic carbocycles. The van der Waals surface area contributed by atoms with Gasteiger partial charge >= 0.3 is 0 Å². The van der Waals surface area contributed by atoms with E-state index >= 15 is 0 Å². The number of halogens is 1. The summed E-state index contributed by atoms with van der Waals surface area (Å²) in [5, 5.41) is 6.97. The van der Waals surface area contributed by atoms with E-state index in [9.17, 15) is 9.18 Å². The molecule has 2 aromatic rings. The van der Waals surface area contributed by atoms with Gasteiger partial charge in [0, 0.05) is 48.7 Å². The molecule has 0 spiro atoms. The lowest BCUT2D eigenvalue weighted by Gasteiger charge is -2.37. The van der Waals surface area contributed by atoms with E-state index in [-0.39, 0.29) is 17.8 Å². The molecular weight excluding hydrogens is 403 g/mol. The molecule has 1 aromatic heterocycles. The van der Waals surface area contributed by atoms with E-state index in [1.54, 1.807) is 6.07 Å². The number of likely N-dealkylation sites (N-methyl/N-ethyl adjacent to an activating group) is 1. The van der Waals surface area contributed by atoms with Crippen LogP contribution in [0.4, 0.5) is 10.1 Å². The number of carbonyl (C=O) groups is 1. The average Bonchev–Trinajstić information content (AvgIpc) is 3.06. The first-order valence-electron chi connectivity index (χ1n) is 10.4. The normalized spacial score (nSPS) is 16.0. The van der Waals surface area contributed by atoms with Gasteiger partial charge in [0.05, 0.1) is 17.5 Å². The summed E-state index contributed by atoms with van der Waals surface area (Å²) in [5.41, 5.74) is 3.73. The maximum atomic E-state index is 14.0. The number of carbonyl (C=O) groups excluding carboxylic acids is 1. The number of benzene rings is 1. The fraction of sp³-hybridized carbons (Fsp3) is 0.545. The van der Waals surface area contributed by atoms with Crippen molar-refractivity contribution in [3.63, 3.8) is 0 Å². The van der Waals surface area contributed by atoms with Crippen LogP contribution in [0.5, 0.6) is 0 Å². The van der Waals surface area contributed by atoms with Crippen LogP contribution in [0, 0.1) is 19.7 Å². The van der Waals surface area contributed by atoms with Crippen LogP contribution in [-0.2, 0) is 10.5 Å². The summed E-state index contributed by atoms with van der Waals surface area (Å²) >= 11 is 1.52.